The number of carbonyl (C=O) groups is 4. The molecule has 12 heteroatoms. The molecule has 46 heavy (non-hydrogen) atoms. The minimum absolute atomic E-state index is 0.0927. The number of morpholine rings is 1. The van der Waals surface area contributed by atoms with Gasteiger partial charge in [0.2, 0.25) is 5.91 Å². The molecule has 0 spiro atoms. The highest BCUT2D eigenvalue weighted by molar-refractivity contribution is 5.95. The van der Waals surface area contributed by atoms with Crippen LogP contribution in [0.3, 0.4) is 0 Å². The van der Waals surface area contributed by atoms with Crippen molar-refractivity contribution in [3.05, 3.63) is 54.1 Å². The number of rotatable bonds is 15. The van der Waals surface area contributed by atoms with Crippen molar-refractivity contribution in [1.29, 1.82) is 0 Å². The van der Waals surface area contributed by atoms with Gasteiger partial charge in [-0.15, -0.1) is 0 Å². The Labute approximate surface area is 271 Å². The van der Waals surface area contributed by atoms with Gasteiger partial charge in [-0.25, -0.2) is 9.78 Å². The second-order valence-electron chi connectivity index (χ2n) is 12.9. The molecule has 0 radical (unpaired) electrons. The van der Waals surface area contributed by atoms with Crippen LogP contribution in [0.25, 0.3) is 0 Å². The molecule has 1 aliphatic heterocycles. The van der Waals surface area contributed by atoms with Crippen molar-refractivity contribution < 1.29 is 28.7 Å². The molecule has 4 atom stereocenters. The van der Waals surface area contributed by atoms with Crippen molar-refractivity contribution in [2.24, 2.45) is 17.6 Å². The molecule has 2 aromatic rings. The maximum atomic E-state index is 14.0. The summed E-state index contributed by atoms with van der Waals surface area (Å²) in [5, 5.41) is 5.80. The number of aromatic nitrogens is 2. The van der Waals surface area contributed by atoms with E-state index in [0.717, 1.165) is 31.2 Å². The Morgan fingerprint density at radius 2 is 1.70 bits per heavy atom. The molecule has 2 fully saturated rings. The number of aromatic amines is 1. The van der Waals surface area contributed by atoms with Crippen molar-refractivity contribution in [3.8, 4) is 0 Å². The number of nitrogens with one attached hydrogen (secondary N) is 3. The molecule has 4 rings (SSSR count). The molecule has 1 saturated heterocycles. The Morgan fingerprint density at radius 1 is 1.00 bits per heavy atom. The third kappa shape index (κ3) is 10.9. The number of H-pyrrole nitrogens is 1. The molecular formula is C34H50N6O6. The van der Waals surface area contributed by atoms with E-state index in [2.05, 4.69) is 20.6 Å². The fourth-order valence-electron chi connectivity index (χ4n) is 6.21. The van der Waals surface area contributed by atoms with E-state index in [0.29, 0.717) is 50.8 Å². The van der Waals surface area contributed by atoms with Gasteiger partial charge in [-0.05, 0) is 30.2 Å². The van der Waals surface area contributed by atoms with Crippen molar-refractivity contribution in [2.45, 2.75) is 95.9 Å². The number of amides is 3. The third-order valence-electron chi connectivity index (χ3n) is 8.73. The summed E-state index contributed by atoms with van der Waals surface area (Å²) in [6.45, 7) is 5.51. The number of hydrogen-bond acceptors (Lipinski definition) is 8. The largest absolute Gasteiger partial charge is 0.436 e. The molecule has 1 aromatic carbocycles. The fraction of sp³-hybridized carbons (Fsp3) is 0.618. The van der Waals surface area contributed by atoms with Crippen molar-refractivity contribution in [1.82, 2.24) is 25.5 Å². The first-order valence-electron chi connectivity index (χ1n) is 16.6. The van der Waals surface area contributed by atoms with Crippen LogP contribution >= 0.6 is 0 Å². The average molecular weight is 639 g/mol. The number of carbonyl (C=O) groups excluding carboxylic acids is 4. The Balaban J connectivity index is 1.53. The minimum atomic E-state index is -1.20. The van der Waals surface area contributed by atoms with Crippen LogP contribution < -0.4 is 16.4 Å². The minimum Gasteiger partial charge on any atom is -0.436 e. The number of nitrogens with two attached hydrogens (primary N) is 1. The van der Waals surface area contributed by atoms with Crippen molar-refractivity contribution >= 4 is 23.7 Å². The van der Waals surface area contributed by atoms with E-state index >= 15 is 0 Å². The van der Waals surface area contributed by atoms with E-state index in [-0.39, 0.29) is 24.5 Å². The Bertz CT molecular complexity index is 1240. The van der Waals surface area contributed by atoms with E-state index in [1.807, 2.05) is 44.2 Å². The third-order valence-corrected chi connectivity index (χ3v) is 8.73. The molecule has 5 N–H and O–H groups in total. The SMILES string of the molecule is CC(C)CC(N)C(=O)C(CC1CCCCC1)NC(=O)C(Cc1cnc[nH]1)NC(=O)C(Cc1ccccc1)OC(=O)N1CCOCC1. The number of ether oxygens (including phenoxy) is 2. The first-order valence-corrected chi connectivity index (χ1v) is 16.6. The van der Waals surface area contributed by atoms with E-state index < -0.39 is 42.1 Å². The normalized spacial score (nSPS) is 18.3. The second-order valence-corrected chi connectivity index (χ2v) is 12.9. The number of benzene rings is 1. The standard InChI is InChI=1S/C34H50N6O6/c1-23(2)17-27(35)31(41)28(18-24-9-5-3-6-10-24)38-32(42)29(20-26-21-36-22-37-26)39-33(43)30(19-25-11-7-4-8-12-25)46-34(44)40-13-15-45-16-14-40/h4,7-8,11-12,21-24,27-30H,3,5-6,9-10,13-20,35H2,1-2H3,(H,36,37)(H,38,42)(H,39,43). The maximum Gasteiger partial charge on any atom is 0.410 e. The van der Waals surface area contributed by atoms with Crippen LogP contribution in [0.1, 0.15) is 70.1 Å². The van der Waals surface area contributed by atoms with E-state index in [1.54, 1.807) is 6.20 Å². The van der Waals surface area contributed by atoms with Gasteiger partial charge in [-0.1, -0.05) is 76.3 Å². The summed E-state index contributed by atoms with van der Waals surface area (Å²) < 4.78 is 11.1. The summed E-state index contributed by atoms with van der Waals surface area (Å²) in [5.74, 6) is -0.784. The predicted molar refractivity (Wildman–Crippen MR) is 173 cm³/mol. The smallest absolute Gasteiger partial charge is 0.410 e. The molecule has 3 amide bonds. The summed E-state index contributed by atoms with van der Waals surface area (Å²) in [5.41, 5.74) is 7.76. The first-order chi connectivity index (χ1) is 22.2. The molecule has 1 saturated carbocycles. The van der Waals surface area contributed by atoms with Gasteiger partial charge in [0.1, 0.15) is 6.04 Å². The van der Waals surface area contributed by atoms with Gasteiger partial charge in [-0.2, -0.15) is 0 Å². The van der Waals surface area contributed by atoms with Crippen LogP contribution in [0, 0.1) is 11.8 Å². The van der Waals surface area contributed by atoms with Crippen LogP contribution in [-0.4, -0.2) is 89.1 Å². The summed E-state index contributed by atoms with van der Waals surface area (Å²) in [6, 6.07) is 6.69. The monoisotopic (exact) mass is 638 g/mol. The molecule has 4 unspecified atom stereocenters. The van der Waals surface area contributed by atoms with Crippen LogP contribution in [-0.2, 0) is 36.7 Å². The number of nitrogens with zero attached hydrogens (tertiary/aromatic N) is 2. The second kappa shape index (κ2) is 17.8. The molecule has 1 aromatic heterocycles. The highest BCUT2D eigenvalue weighted by atomic mass is 16.6. The van der Waals surface area contributed by atoms with Gasteiger partial charge in [0.15, 0.2) is 11.9 Å². The molecule has 2 heterocycles. The summed E-state index contributed by atoms with van der Waals surface area (Å²) in [4.78, 5) is 63.0. The lowest BCUT2D eigenvalue weighted by Gasteiger charge is -2.30. The quantitative estimate of drug-likeness (QED) is 0.231. The fourth-order valence-corrected chi connectivity index (χ4v) is 6.21. The van der Waals surface area contributed by atoms with Crippen molar-refractivity contribution in [2.75, 3.05) is 26.3 Å². The Kier molecular flexibility index (Phi) is 13.6. The van der Waals surface area contributed by atoms with E-state index in [9.17, 15) is 19.2 Å². The zero-order chi connectivity index (χ0) is 32.9. The van der Waals surface area contributed by atoms with Gasteiger partial charge in [0, 0.05) is 37.8 Å². The lowest BCUT2D eigenvalue weighted by atomic mass is 9.82. The van der Waals surface area contributed by atoms with E-state index in [4.69, 9.17) is 15.2 Å². The topological polar surface area (TPSA) is 169 Å². The first kappa shape index (κ1) is 35.1. The van der Waals surface area contributed by atoms with Crippen LogP contribution in [0.2, 0.25) is 0 Å². The van der Waals surface area contributed by atoms with Gasteiger partial charge in [-0.3, -0.25) is 14.4 Å². The zero-order valence-electron chi connectivity index (χ0n) is 27.1. The van der Waals surface area contributed by atoms with Gasteiger partial charge in [0.25, 0.3) is 5.91 Å². The molecule has 1 aliphatic carbocycles. The molecular weight excluding hydrogens is 588 g/mol. The van der Waals surface area contributed by atoms with Gasteiger partial charge in [0.05, 0.1) is 31.6 Å². The molecule has 12 nitrogen and oxygen atoms in total. The Hall–Kier alpha value is -3.77. The summed E-state index contributed by atoms with van der Waals surface area (Å²) in [7, 11) is 0. The summed E-state index contributed by atoms with van der Waals surface area (Å²) in [6.07, 6.45) is 7.87. The number of hydrogen-bond donors (Lipinski definition) is 4. The average Bonchev–Trinajstić information content (AvgIpc) is 3.57. The lowest BCUT2D eigenvalue weighted by Crippen LogP contribution is -2.57. The van der Waals surface area contributed by atoms with Crippen LogP contribution in [0.15, 0.2) is 42.9 Å². The molecule has 0 bridgehead atoms. The molecule has 2 aliphatic rings. The number of imidazole rings is 1. The number of ketones is 1. The maximum absolute atomic E-state index is 14.0. The van der Waals surface area contributed by atoms with Crippen LogP contribution in [0.5, 0.6) is 0 Å². The highest BCUT2D eigenvalue weighted by Gasteiger charge is 2.34. The van der Waals surface area contributed by atoms with Gasteiger partial charge >= 0.3 is 6.09 Å². The number of Topliss-reactive ketones (excluding diaryl/α,β-unsaturated/α-hetero) is 1. The zero-order valence-corrected chi connectivity index (χ0v) is 27.1. The highest BCUT2D eigenvalue weighted by Crippen LogP contribution is 2.28. The van der Waals surface area contributed by atoms with E-state index in [1.165, 1.54) is 17.6 Å². The predicted octanol–water partition coefficient (Wildman–Crippen LogP) is 2.91. The Morgan fingerprint density at radius 3 is 2.35 bits per heavy atom. The van der Waals surface area contributed by atoms with Crippen LogP contribution in [0.4, 0.5) is 4.79 Å². The summed E-state index contributed by atoms with van der Waals surface area (Å²) >= 11 is 0. The van der Waals surface area contributed by atoms with Crippen molar-refractivity contribution in [3.63, 3.8) is 0 Å². The molecule has 252 valence electrons. The lowest BCUT2D eigenvalue weighted by molar-refractivity contribution is -0.135. The van der Waals surface area contributed by atoms with Gasteiger partial charge < -0.3 is 35.7 Å².